The third-order valence-electron chi connectivity index (χ3n) is 13.6. The van der Waals surface area contributed by atoms with E-state index in [1.807, 2.05) is 108 Å². The molecule has 8 N–H and O–H groups in total. The molecule has 0 aliphatic heterocycles. The molecule has 90 heavy (non-hydrogen) atoms. The first-order chi connectivity index (χ1) is 42.0. The van der Waals surface area contributed by atoms with E-state index in [4.69, 9.17) is 9.47 Å². The van der Waals surface area contributed by atoms with Gasteiger partial charge in [-0.2, -0.15) is 0 Å². The summed E-state index contributed by atoms with van der Waals surface area (Å²) in [5.74, 6) is 0.746. The van der Waals surface area contributed by atoms with E-state index < -0.39 is 60.5 Å². The number of nitrogens with one attached hydrogen (secondary N) is 8. The van der Waals surface area contributed by atoms with Crippen molar-refractivity contribution in [3.05, 3.63) is 140 Å². The molecule has 2 saturated carbocycles. The molecule has 0 bridgehead atoms. The number of rotatable bonds is 15. The predicted octanol–water partition coefficient (Wildman–Crippen LogP) is 14.6. The number of hydrogen-bond acceptors (Lipinski definition) is 14. The van der Waals surface area contributed by atoms with Crippen molar-refractivity contribution >= 4 is 94.3 Å². The van der Waals surface area contributed by atoms with E-state index in [9.17, 15) is 36.0 Å². The Bertz CT molecular complexity index is 3580. The molecular formula is C65H89BrN10O10S4. The monoisotopic (exact) mass is 1380 g/mol. The maximum Gasteiger partial charge on any atom is 0.407 e. The smallest absolute Gasteiger partial charge is 0.407 e. The maximum absolute atomic E-state index is 13.6. The van der Waals surface area contributed by atoms with Gasteiger partial charge < -0.3 is 41.4 Å². The molecule has 0 saturated heterocycles. The number of hydrogen-bond donors (Lipinski definition) is 8. The van der Waals surface area contributed by atoms with Gasteiger partial charge in [-0.05, 0) is 198 Å². The molecule has 20 nitrogen and oxygen atoms in total. The summed E-state index contributed by atoms with van der Waals surface area (Å²) in [5.41, 5.74) is 1.53. The lowest BCUT2D eigenvalue weighted by Gasteiger charge is -2.29. The van der Waals surface area contributed by atoms with Crippen molar-refractivity contribution in [2.75, 3.05) is 10.6 Å². The number of aryl methyl sites for hydroxylation is 1. The predicted molar refractivity (Wildman–Crippen MR) is 362 cm³/mol. The van der Waals surface area contributed by atoms with Crippen molar-refractivity contribution in [3.63, 3.8) is 0 Å². The number of carbonyl (C=O) groups excluding carboxylic acids is 4. The van der Waals surface area contributed by atoms with Gasteiger partial charge >= 0.3 is 24.2 Å². The number of urea groups is 2. The van der Waals surface area contributed by atoms with Gasteiger partial charge in [0.15, 0.2) is 0 Å². The second-order valence-corrected chi connectivity index (χ2v) is 33.2. The first kappa shape index (κ1) is 72.6. The topological polar surface area (TPSA) is 277 Å². The first-order valence-electron chi connectivity index (χ1n) is 30.0. The molecule has 2 fully saturated rings. The number of amides is 6. The summed E-state index contributed by atoms with van der Waals surface area (Å²) in [6.07, 6.45) is 10.3. The average molecular weight is 1380 g/mol. The van der Waals surface area contributed by atoms with Crippen LogP contribution >= 0.6 is 38.6 Å². The molecule has 0 radical (unpaired) electrons. The Kier molecular flexibility index (Phi) is 25.6. The van der Waals surface area contributed by atoms with E-state index in [0.717, 1.165) is 76.2 Å². The average Bonchev–Trinajstić information content (AvgIpc) is 2.54. The Labute approximate surface area is 548 Å². The molecule has 4 aromatic carbocycles. The molecule has 490 valence electrons. The summed E-state index contributed by atoms with van der Waals surface area (Å²) in [4.78, 5) is 58.7. The zero-order chi connectivity index (χ0) is 66.2. The fourth-order valence-corrected chi connectivity index (χ4v) is 15.8. The van der Waals surface area contributed by atoms with Crippen molar-refractivity contribution in [1.29, 1.82) is 0 Å². The highest BCUT2D eigenvalue weighted by atomic mass is 79.9. The number of halogens is 1. The van der Waals surface area contributed by atoms with Crippen LogP contribution in [0.4, 0.5) is 30.6 Å². The van der Waals surface area contributed by atoms with Gasteiger partial charge in [0, 0.05) is 71.2 Å². The maximum atomic E-state index is 13.6. The Balaban J connectivity index is 0.000000237. The van der Waals surface area contributed by atoms with E-state index in [-0.39, 0.29) is 33.9 Å². The Morgan fingerprint density at radius 2 is 0.933 bits per heavy atom. The van der Waals surface area contributed by atoms with E-state index in [1.165, 1.54) is 28.5 Å². The number of sulfonamides is 2. The van der Waals surface area contributed by atoms with E-state index in [2.05, 4.69) is 67.2 Å². The van der Waals surface area contributed by atoms with Gasteiger partial charge in [-0.1, -0.05) is 72.8 Å². The molecule has 0 atom stereocenters. The number of carbonyl (C=O) groups is 4. The van der Waals surface area contributed by atoms with Crippen LogP contribution in [0.3, 0.4) is 0 Å². The van der Waals surface area contributed by atoms with Gasteiger partial charge in [0.2, 0.25) is 20.0 Å². The molecule has 2 aliphatic rings. The summed E-state index contributed by atoms with van der Waals surface area (Å²) in [6, 6.07) is 28.2. The Hall–Kier alpha value is -6.48. The van der Waals surface area contributed by atoms with Gasteiger partial charge in [-0.25, -0.2) is 55.4 Å². The lowest BCUT2D eigenvalue weighted by molar-refractivity contribution is 0.0479. The van der Waals surface area contributed by atoms with Gasteiger partial charge in [0.1, 0.15) is 11.2 Å². The van der Waals surface area contributed by atoms with Crippen LogP contribution < -0.4 is 41.3 Å². The largest absolute Gasteiger partial charge is 0.444 e. The van der Waals surface area contributed by atoms with Gasteiger partial charge in [-0.15, -0.1) is 22.7 Å². The normalized spacial score (nSPS) is 17.2. The van der Waals surface area contributed by atoms with Crippen molar-refractivity contribution < 1.29 is 45.5 Å². The van der Waals surface area contributed by atoms with Gasteiger partial charge in [0.25, 0.3) is 0 Å². The van der Waals surface area contributed by atoms with Crippen LogP contribution in [0.5, 0.6) is 0 Å². The summed E-state index contributed by atoms with van der Waals surface area (Å²) >= 11 is 6.64. The fourth-order valence-electron chi connectivity index (χ4n) is 9.79. The zero-order valence-electron chi connectivity index (χ0n) is 53.8. The molecule has 6 aromatic rings. The number of benzene rings is 4. The number of nitrogens with zero attached hydrogens (tertiary/aromatic N) is 2. The van der Waals surface area contributed by atoms with Crippen molar-refractivity contribution in [3.8, 4) is 10.4 Å². The third-order valence-corrected chi connectivity index (χ3v) is 20.1. The fraction of sp³-hybridized carbons (Fsp3) is 0.477. The zero-order valence-corrected chi connectivity index (χ0v) is 58.6. The minimum Gasteiger partial charge on any atom is -0.444 e. The van der Waals surface area contributed by atoms with E-state index in [0.29, 0.717) is 41.5 Å². The van der Waals surface area contributed by atoms with Crippen molar-refractivity contribution in [1.82, 2.24) is 40.7 Å². The third kappa shape index (κ3) is 25.0. The highest BCUT2D eigenvalue weighted by molar-refractivity contribution is 9.11. The second-order valence-electron chi connectivity index (χ2n) is 26.4. The number of anilines is 2. The first-order valence-corrected chi connectivity index (χ1v) is 35.4. The minimum absolute atomic E-state index is 0.0469. The molecule has 0 unspecified atom stereocenters. The highest BCUT2D eigenvalue weighted by Gasteiger charge is 2.31. The van der Waals surface area contributed by atoms with Crippen LogP contribution in [-0.4, -0.2) is 85.4 Å². The molecule has 8 rings (SSSR count). The molecule has 6 amide bonds. The SMILES string of the molecule is CC(C)(C)NS(=O)(=O)c1cc(NC(=O)NCc2ccccc2)ccc1-c1cnc(C2CCC(NC(=O)OC(C)(C)C)CC2)s1.CC(C)(C)OC(=O)NC1CCC(c2ncc(Br)s2)CC1.Cc1ccc(NC(=O)NCc2ccccc2)cc1S(=O)(=O)NC(C)(C)C. The molecule has 2 aliphatic carbocycles. The summed E-state index contributed by atoms with van der Waals surface area (Å²) < 4.78 is 69.5. The number of alkyl carbamates (subject to hydrolysis) is 2. The molecule has 0 spiro atoms. The van der Waals surface area contributed by atoms with Gasteiger partial charge in [-0.3, -0.25) is 0 Å². The summed E-state index contributed by atoms with van der Waals surface area (Å²) in [5, 5.41) is 19.0. The molecular weight excluding hydrogens is 1290 g/mol. The van der Waals surface area contributed by atoms with Crippen LogP contribution in [0, 0.1) is 6.92 Å². The number of aromatic nitrogens is 2. The lowest BCUT2D eigenvalue weighted by Crippen LogP contribution is -2.40. The van der Waals surface area contributed by atoms with E-state index in [1.54, 1.807) is 90.3 Å². The van der Waals surface area contributed by atoms with Crippen molar-refractivity contribution in [2.24, 2.45) is 0 Å². The quantitative estimate of drug-likeness (QED) is 0.0477. The molecule has 25 heteroatoms. The van der Waals surface area contributed by atoms with Gasteiger partial charge in [0.05, 0.1) is 34.7 Å². The summed E-state index contributed by atoms with van der Waals surface area (Å²) in [7, 11) is -7.64. The van der Waals surface area contributed by atoms with Crippen LogP contribution in [0.15, 0.2) is 123 Å². The van der Waals surface area contributed by atoms with Crippen LogP contribution in [0.25, 0.3) is 10.4 Å². The Morgan fingerprint density at radius 1 is 0.533 bits per heavy atom. The second kappa shape index (κ2) is 31.7. The lowest BCUT2D eigenvalue weighted by atomic mass is 9.86. The standard InChI is InChI=1S/C32H43N5O5S2.C19H25N3O3S.C14H21BrN2O2S/c1-31(2,3)37-44(40,41)27-18-24(35-29(38)34-19-21-10-8-7-9-11-21)16-17-25(27)26-20-33-28(43-26)22-12-14-23(15-13-22)36-30(39)42-32(4,5)6;1-14-10-11-16(12-17(14)26(24,25)22-19(2,3)4)21-18(23)20-13-15-8-6-5-7-9-15;1-14(2,3)19-13(18)17-10-6-4-9(5-7-10)12-16-8-11(15)20-12/h7-11,16-18,20,22-23,37H,12-15,19H2,1-6H3,(H,36,39)(H2,34,35,38);5-12,22H,13H2,1-4H3,(H2,20,21,23);8-10H,4-7H2,1-3H3,(H,17,18). The molecule has 2 aromatic heterocycles. The van der Waals surface area contributed by atoms with Crippen LogP contribution in [-0.2, 0) is 42.6 Å². The van der Waals surface area contributed by atoms with Crippen LogP contribution in [0.1, 0.15) is 173 Å². The van der Waals surface area contributed by atoms with Crippen LogP contribution in [0.2, 0.25) is 0 Å². The Morgan fingerprint density at radius 3 is 1.34 bits per heavy atom. The molecule has 2 heterocycles. The highest BCUT2D eigenvalue weighted by Crippen LogP contribution is 2.41. The van der Waals surface area contributed by atoms with E-state index >= 15 is 0 Å². The summed E-state index contributed by atoms with van der Waals surface area (Å²) in [6.45, 7) is 24.3. The van der Waals surface area contributed by atoms with Crippen molar-refractivity contribution in [2.45, 2.75) is 210 Å². The number of thiazole rings is 2. The number of ether oxygens (including phenoxy) is 2. The minimum atomic E-state index is -3.95.